The van der Waals surface area contributed by atoms with Crippen LogP contribution >= 0.6 is 0 Å². The number of para-hydroxylation sites is 1. The molecule has 0 aromatic heterocycles. The molecule has 0 aliphatic carbocycles. The van der Waals surface area contributed by atoms with E-state index >= 15 is 0 Å². The second kappa shape index (κ2) is 6.45. The molecule has 5 nitrogen and oxygen atoms in total. The number of hydrogen-bond donors (Lipinski definition) is 1. The number of methoxy groups -OCH3 is 1. The fourth-order valence-corrected chi connectivity index (χ4v) is 2.77. The maximum absolute atomic E-state index is 10.6. The molecule has 0 saturated carbocycles. The molecule has 1 aromatic rings. The van der Waals surface area contributed by atoms with Crippen LogP contribution in [0.4, 0.5) is 0 Å². The molecule has 0 spiro atoms. The Labute approximate surface area is 125 Å². The number of aliphatic carboxylic acids is 1. The molecule has 1 N–H and O–H groups in total. The van der Waals surface area contributed by atoms with Crippen molar-refractivity contribution in [2.24, 2.45) is 0 Å². The van der Waals surface area contributed by atoms with E-state index in [1.807, 2.05) is 25.1 Å². The van der Waals surface area contributed by atoms with Crippen molar-refractivity contribution in [1.82, 2.24) is 4.90 Å². The Hall–Kier alpha value is -1.59. The van der Waals surface area contributed by atoms with Crippen molar-refractivity contribution < 1.29 is 19.4 Å². The van der Waals surface area contributed by atoms with Crippen LogP contribution in [0.5, 0.6) is 5.75 Å². The van der Waals surface area contributed by atoms with Crippen LogP contribution in [0, 0.1) is 0 Å². The Morgan fingerprint density at radius 1 is 1.43 bits per heavy atom. The predicted octanol–water partition coefficient (Wildman–Crippen LogP) is 1.80. The molecule has 1 aliphatic heterocycles. The summed E-state index contributed by atoms with van der Waals surface area (Å²) >= 11 is 0. The molecule has 1 saturated heterocycles. The van der Waals surface area contributed by atoms with Gasteiger partial charge in [-0.1, -0.05) is 18.2 Å². The van der Waals surface area contributed by atoms with Gasteiger partial charge in [0.25, 0.3) is 0 Å². The number of nitrogens with zero attached hydrogens (tertiary/aromatic N) is 1. The molecule has 0 bridgehead atoms. The standard InChI is InChI=1S/C16H23NO4/c1-12(8-13-6-4-5-7-14(13)20-3)17-10-16(2,11-17)21-9-15(18)19/h4-7,12H,8-11H2,1-3H3,(H,18,19). The van der Waals surface area contributed by atoms with Gasteiger partial charge in [-0.15, -0.1) is 0 Å². The Morgan fingerprint density at radius 2 is 2.10 bits per heavy atom. The first-order chi connectivity index (χ1) is 9.93. The summed E-state index contributed by atoms with van der Waals surface area (Å²) in [7, 11) is 1.68. The molecule has 0 amide bonds. The van der Waals surface area contributed by atoms with E-state index in [0.29, 0.717) is 6.04 Å². The lowest BCUT2D eigenvalue weighted by molar-refractivity contribution is -0.168. The third kappa shape index (κ3) is 3.95. The van der Waals surface area contributed by atoms with Gasteiger partial charge < -0.3 is 14.6 Å². The molecule has 5 heteroatoms. The van der Waals surface area contributed by atoms with Crippen molar-refractivity contribution in [2.45, 2.75) is 31.9 Å². The number of likely N-dealkylation sites (tertiary alicyclic amines) is 1. The van der Waals surface area contributed by atoms with Gasteiger partial charge in [-0.25, -0.2) is 4.79 Å². The molecule has 1 aromatic carbocycles. The van der Waals surface area contributed by atoms with Crippen molar-refractivity contribution in [3.63, 3.8) is 0 Å². The maximum atomic E-state index is 10.6. The third-order valence-corrected chi connectivity index (χ3v) is 3.95. The number of carboxylic acids is 1. The highest BCUT2D eigenvalue weighted by atomic mass is 16.5. The van der Waals surface area contributed by atoms with E-state index in [1.165, 1.54) is 5.56 Å². The summed E-state index contributed by atoms with van der Waals surface area (Å²) in [5.41, 5.74) is 0.848. The van der Waals surface area contributed by atoms with Gasteiger partial charge in [0.05, 0.1) is 12.7 Å². The Balaban J connectivity index is 1.86. The number of rotatable bonds is 7. The summed E-state index contributed by atoms with van der Waals surface area (Å²) in [6.45, 7) is 5.42. The maximum Gasteiger partial charge on any atom is 0.329 e. The van der Waals surface area contributed by atoms with Crippen molar-refractivity contribution >= 4 is 5.97 Å². The van der Waals surface area contributed by atoms with Gasteiger partial charge in [0.15, 0.2) is 0 Å². The Morgan fingerprint density at radius 3 is 2.71 bits per heavy atom. The number of hydrogen-bond acceptors (Lipinski definition) is 4. The van der Waals surface area contributed by atoms with Crippen LogP contribution in [0.15, 0.2) is 24.3 Å². The van der Waals surface area contributed by atoms with Gasteiger partial charge in [-0.3, -0.25) is 4.90 Å². The van der Waals surface area contributed by atoms with Crippen LogP contribution in [0.1, 0.15) is 19.4 Å². The first-order valence-electron chi connectivity index (χ1n) is 7.15. The largest absolute Gasteiger partial charge is 0.496 e. The second-order valence-corrected chi connectivity index (χ2v) is 5.90. The predicted molar refractivity (Wildman–Crippen MR) is 79.7 cm³/mol. The molecule has 1 heterocycles. The summed E-state index contributed by atoms with van der Waals surface area (Å²) in [5, 5.41) is 8.67. The van der Waals surface area contributed by atoms with Crippen LogP contribution in [-0.2, 0) is 16.0 Å². The summed E-state index contributed by atoms with van der Waals surface area (Å²) in [5.74, 6) is -0.00786. The molecule has 1 fully saturated rings. The third-order valence-electron chi connectivity index (χ3n) is 3.95. The first-order valence-corrected chi connectivity index (χ1v) is 7.15. The van der Waals surface area contributed by atoms with Crippen molar-refractivity contribution in [3.8, 4) is 5.75 Å². The van der Waals surface area contributed by atoms with Gasteiger partial charge in [0, 0.05) is 19.1 Å². The fourth-order valence-electron chi connectivity index (χ4n) is 2.77. The number of carbonyl (C=O) groups is 1. The normalized spacial score (nSPS) is 18.8. The molecule has 0 radical (unpaired) electrons. The minimum atomic E-state index is -0.920. The molecule has 1 aliphatic rings. The molecule has 2 rings (SSSR count). The van der Waals surface area contributed by atoms with Gasteiger partial charge in [-0.05, 0) is 31.9 Å². The highest BCUT2D eigenvalue weighted by Crippen LogP contribution is 2.29. The smallest absolute Gasteiger partial charge is 0.329 e. The summed E-state index contributed by atoms with van der Waals surface area (Å²) in [6.07, 6.45) is 0.902. The van der Waals surface area contributed by atoms with Gasteiger partial charge in [0.2, 0.25) is 0 Å². The molecule has 116 valence electrons. The quantitative estimate of drug-likeness (QED) is 0.830. The van der Waals surface area contributed by atoms with E-state index in [0.717, 1.165) is 25.3 Å². The zero-order chi connectivity index (χ0) is 15.5. The lowest BCUT2D eigenvalue weighted by Gasteiger charge is -2.50. The molecular formula is C16H23NO4. The average molecular weight is 293 g/mol. The Bertz CT molecular complexity index is 497. The van der Waals surface area contributed by atoms with E-state index in [2.05, 4.69) is 17.9 Å². The zero-order valence-electron chi connectivity index (χ0n) is 12.8. The molecule has 21 heavy (non-hydrogen) atoms. The van der Waals surface area contributed by atoms with Gasteiger partial charge in [0.1, 0.15) is 12.4 Å². The fraction of sp³-hybridized carbons (Fsp3) is 0.562. The first kappa shape index (κ1) is 15.8. The number of carboxylic acid groups (broad SMARTS) is 1. The van der Waals surface area contributed by atoms with E-state index in [1.54, 1.807) is 7.11 Å². The van der Waals surface area contributed by atoms with Crippen LogP contribution in [0.2, 0.25) is 0 Å². The van der Waals surface area contributed by atoms with Crippen molar-refractivity contribution in [1.29, 1.82) is 0 Å². The van der Waals surface area contributed by atoms with Gasteiger partial charge in [-0.2, -0.15) is 0 Å². The van der Waals surface area contributed by atoms with E-state index in [-0.39, 0.29) is 12.2 Å². The van der Waals surface area contributed by atoms with Crippen LogP contribution in [0.3, 0.4) is 0 Å². The molecule has 1 unspecified atom stereocenters. The van der Waals surface area contributed by atoms with Crippen LogP contribution in [0.25, 0.3) is 0 Å². The monoisotopic (exact) mass is 293 g/mol. The zero-order valence-corrected chi connectivity index (χ0v) is 12.8. The number of benzene rings is 1. The lowest BCUT2D eigenvalue weighted by atomic mass is 9.92. The van der Waals surface area contributed by atoms with E-state index in [4.69, 9.17) is 14.6 Å². The minimum Gasteiger partial charge on any atom is -0.496 e. The SMILES string of the molecule is COc1ccccc1CC(C)N1CC(C)(OCC(=O)O)C1. The summed E-state index contributed by atoms with van der Waals surface area (Å²) in [4.78, 5) is 12.9. The van der Waals surface area contributed by atoms with Gasteiger partial charge >= 0.3 is 5.97 Å². The van der Waals surface area contributed by atoms with Crippen molar-refractivity contribution in [2.75, 3.05) is 26.8 Å². The number of ether oxygens (including phenoxy) is 2. The average Bonchev–Trinajstić information content (AvgIpc) is 2.42. The van der Waals surface area contributed by atoms with Crippen LogP contribution in [-0.4, -0.2) is 54.4 Å². The highest BCUT2D eigenvalue weighted by molar-refractivity contribution is 5.68. The van der Waals surface area contributed by atoms with Crippen molar-refractivity contribution in [3.05, 3.63) is 29.8 Å². The Kier molecular flexibility index (Phi) is 4.85. The topological polar surface area (TPSA) is 59.0 Å². The minimum absolute atomic E-state index is 0.231. The second-order valence-electron chi connectivity index (χ2n) is 5.90. The lowest BCUT2D eigenvalue weighted by Crippen LogP contribution is -2.64. The summed E-state index contributed by atoms with van der Waals surface area (Å²) < 4.78 is 10.8. The molecule has 1 atom stereocenters. The van der Waals surface area contributed by atoms with E-state index in [9.17, 15) is 4.79 Å². The van der Waals surface area contributed by atoms with E-state index < -0.39 is 5.97 Å². The summed E-state index contributed by atoms with van der Waals surface area (Å²) in [6, 6.07) is 8.39. The highest BCUT2D eigenvalue weighted by Gasteiger charge is 2.42. The molecular weight excluding hydrogens is 270 g/mol. The van der Waals surface area contributed by atoms with Crippen LogP contribution < -0.4 is 4.74 Å².